The third kappa shape index (κ3) is 4.95. The normalized spacial score (nSPS) is 12.4. The van der Waals surface area contributed by atoms with E-state index in [-0.39, 0.29) is 35.3 Å². The zero-order chi connectivity index (χ0) is 14.6. The summed E-state index contributed by atoms with van der Waals surface area (Å²) in [7, 11) is 0. The van der Waals surface area contributed by atoms with Gasteiger partial charge < -0.3 is 9.84 Å². The van der Waals surface area contributed by atoms with E-state index in [4.69, 9.17) is 9.84 Å². The summed E-state index contributed by atoms with van der Waals surface area (Å²) in [5.74, 6) is -5.06. The molecule has 0 aromatic heterocycles. The third-order valence-corrected chi connectivity index (χ3v) is 2.96. The zero-order valence-corrected chi connectivity index (χ0v) is 11.6. The van der Waals surface area contributed by atoms with Gasteiger partial charge in [0.25, 0.3) is 5.92 Å². The summed E-state index contributed by atoms with van der Waals surface area (Å²) in [6.07, 6.45) is -2.28. The van der Waals surface area contributed by atoms with Crippen LogP contribution in [0.2, 0.25) is 0 Å². The minimum atomic E-state index is -3.18. The van der Waals surface area contributed by atoms with Crippen LogP contribution in [-0.2, 0) is 10.7 Å². The van der Waals surface area contributed by atoms with Crippen molar-refractivity contribution in [1.82, 2.24) is 0 Å². The Labute approximate surface area is 144 Å². The van der Waals surface area contributed by atoms with Crippen molar-refractivity contribution in [2.45, 2.75) is 25.4 Å². The van der Waals surface area contributed by atoms with Gasteiger partial charge in [0.1, 0.15) is 12.4 Å². The SMILES string of the molecule is CCC(F)(F)c1cc(Br)ccc1O[C@@H](CF)C(=O)O.[NaH]. The molecule has 0 amide bonds. The molecule has 108 valence electrons. The predicted molar refractivity (Wildman–Crippen MR) is 73.5 cm³/mol. The average molecular weight is 365 g/mol. The molecule has 20 heavy (non-hydrogen) atoms. The fourth-order valence-corrected chi connectivity index (χ4v) is 1.74. The molecule has 0 bridgehead atoms. The number of carboxylic acids is 1. The molecule has 0 saturated carbocycles. The molecule has 1 aromatic rings. The van der Waals surface area contributed by atoms with E-state index < -0.39 is 36.7 Å². The molecular formula is C12H13BrF3NaO3. The Morgan fingerprint density at radius 1 is 1.50 bits per heavy atom. The Kier molecular flexibility index (Phi) is 8.16. The summed E-state index contributed by atoms with van der Waals surface area (Å²) >= 11 is 3.05. The van der Waals surface area contributed by atoms with Crippen LogP contribution in [0.25, 0.3) is 0 Å². The fraction of sp³-hybridized carbons (Fsp3) is 0.417. The number of carbonyl (C=O) groups is 1. The van der Waals surface area contributed by atoms with Gasteiger partial charge >= 0.3 is 35.5 Å². The molecule has 0 heterocycles. The molecule has 3 nitrogen and oxygen atoms in total. The van der Waals surface area contributed by atoms with Crippen LogP contribution in [0.5, 0.6) is 5.75 Å². The number of alkyl halides is 3. The van der Waals surface area contributed by atoms with E-state index in [0.29, 0.717) is 4.47 Å². The standard InChI is InChI=1S/C12H12BrF3O3.Na.H/c1-2-12(15,16)8-5-7(13)3-4-9(8)19-10(6-14)11(17)18;;/h3-5,10H,2,6H2,1H3,(H,17,18);;/t10-;;/m0../s1. The molecule has 1 rings (SSSR count). The van der Waals surface area contributed by atoms with Crippen molar-refractivity contribution in [2.24, 2.45) is 0 Å². The van der Waals surface area contributed by atoms with Gasteiger partial charge in [0.15, 0.2) is 0 Å². The van der Waals surface area contributed by atoms with Crippen LogP contribution in [-0.4, -0.2) is 53.4 Å². The Hall–Kier alpha value is -0.240. The summed E-state index contributed by atoms with van der Waals surface area (Å²) in [5.41, 5.74) is -0.468. The molecule has 1 aromatic carbocycles. The number of carboxylic acid groups (broad SMARTS) is 1. The number of rotatable bonds is 6. The predicted octanol–water partition coefficient (Wildman–Crippen LogP) is 3.10. The summed E-state index contributed by atoms with van der Waals surface area (Å²) in [4.78, 5) is 10.7. The summed E-state index contributed by atoms with van der Waals surface area (Å²) in [6, 6.07) is 3.74. The average Bonchev–Trinajstić information content (AvgIpc) is 2.36. The van der Waals surface area contributed by atoms with E-state index in [1.165, 1.54) is 19.1 Å². The van der Waals surface area contributed by atoms with Crippen molar-refractivity contribution in [2.75, 3.05) is 6.67 Å². The van der Waals surface area contributed by atoms with Crippen LogP contribution in [0.4, 0.5) is 13.2 Å². The Bertz CT molecular complexity index is 471. The second kappa shape index (κ2) is 8.26. The number of aliphatic carboxylic acids is 1. The van der Waals surface area contributed by atoms with E-state index in [9.17, 15) is 18.0 Å². The van der Waals surface area contributed by atoms with E-state index in [1.54, 1.807) is 0 Å². The third-order valence-electron chi connectivity index (χ3n) is 2.46. The first kappa shape index (κ1) is 19.8. The molecule has 0 unspecified atom stereocenters. The van der Waals surface area contributed by atoms with Gasteiger partial charge in [-0.05, 0) is 18.2 Å². The van der Waals surface area contributed by atoms with Crippen LogP contribution in [0.15, 0.2) is 22.7 Å². The first-order chi connectivity index (χ1) is 8.81. The Balaban J connectivity index is 0.00000361. The first-order valence-electron chi connectivity index (χ1n) is 5.45. The molecular weight excluding hydrogens is 352 g/mol. The van der Waals surface area contributed by atoms with Gasteiger partial charge in [-0.15, -0.1) is 0 Å². The monoisotopic (exact) mass is 364 g/mol. The topological polar surface area (TPSA) is 46.5 Å². The van der Waals surface area contributed by atoms with Crippen LogP contribution in [0.3, 0.4) is 0 Å². The van der Waals surface area contributed by atoms with Gasteiger partial charge in [-0.25, -0.2) is 18.0 Å². The quantitative estimate of drug-likeness (QED) is 0.789. The van der Waals surface area contributed by atoms with E-state index in [0.717, 1.165) is 6.07 Å². The number of hydrogen-bond donors (Lipinski definition) is 1. The maximum atomic E-state index is 13.7. The number of ether oxygens (including phenoxy) is 1. The van der Waals surface area contributed by atoms with Crippen LogP contribution in [0, 0.1) is 0 Å². The number of halogens is 4. The van der Waals surface area contributed by atoms with Crippen LogP contribution in [0.1, 0.15) is 18.9 Å². The molecule has 0 aliphatic rings. The molecule has 1 N–H and O–H groups in total. The van der Waals surface area contributed by atoms with E-state index in [2.05, 4.69) is 15.9 Å². The number of hydrogen-bond acceptors (Lipinski definition) is 2. The molecule has 0 fully saturated rings. The summed E-state index contributed by atoms with van der Waals surface area (Å²) in [6.45, 7) is -0.0168. The molecule has 0 aliphatic heterocycles. The van der Waals surface area contributed by atoms with Gasteiger partial charge in [-0.2, -0.15) is 0 Å². The molecule has 8 heteroatoms. The Morgan fingerprint density at radius 3 is 2.55 bits per heavy atom. The first-order valence-corrected chi connectivity index (χ1v) is 6.24. The minimum absolute atomic E-state index is 0. The molecule has 1 atom stereocenters. The van der Waals surface area contributed by atoms with E-state index >= 15 is 0 Å². The molecule has 0 saturated heterocycles. The van der Waals surface area contributed by atoms with Gasteiger partial charge in [0.2, 0.25) is 6.10 Å². The second-order valence-electron chi connectivity index (χ2n) is 3.80. The molecule has 0 radical (unpaired) electrons. The van der Waals surface area contributed by atoms with Crippen LogP contribution < -0.4 is 4.74 Å². The zero-order valence-electron chi connectivity index (χ0n) is 10.00. The van der Waals surface area contributed by atoms with Gasteiger partial charge in [0.05, 0.1) is 5.56 Å². The fourth-order valence-electron chi connectivity index (χ4n) is 1.38. The van der Waals surface area contributed by atoms with Gasteiger partial charge in [-0.3, -0.25) is 0 Å². The van der Waals surface area contributed by atoms with Crippen molar-refractivity contribution < 1.29 is 27.8 Å². The maximum absolute atomic E-state index is 13.7. The van der Waals surface area contributed by atoms with Crippen LogP contribution >= 0.6 is 15.9 Å². The summed E-state index contributed by atoms with van der Waals surface area (Å²) in [5, 5.41) is 8.68. The van der Waals surface area contributed by atoms with Crippen molar-refractivity contribution in [3.05, 3.63) is 28.2 Å². The van der Waals surface area contributed by atoms with Crippen molar-refractivity contribution in [3.63, 3.8) is 0 Å². The van der Waals surface area contributed by atoms with Crippen molar-refractivity contribution >= 4 is 51.5 Å². The van der Waals surface area contributed by atoms with Crippen molar-refractivity contribution in [1.29, 1.82) is 0 Å². The number of benzene rings is 1. The Morgan fingerprint density at radius 2 is 2.10 bits per heavy atom. The van der Waals surface area contributed by atoms with Gasteiger partial charge in [-0.1, -0.05) is 22.9 Å². The van der Waals surface area contributed by atoms with Crippen molar-refractivity contribution in [3.8, 4) is 5.75 Å². The molecule has 0 aliphatic carbocycles. The summed E-state index contributed by atoms with van der Waals surface area (Å²) < 4.78 is 45.2. The second-order valence-corrected chi connectivity index (χ2v) is 4.71. The molecule has 0 spiro atoms. The van der Waals surface area contributed by atoms with E-state index in [1.807, 2.05) is 0 Å². The van der Waals surface area contributed by atoms with Gasteiger partial charge in [0, 0.05) is 10.9 Å².